The zero-order valence-corrected chi connectivity index (χ0v) is 21.5. The number of hydrogen-bond acceptors (Lipinski definition) is 9. The molecule has 4 N–H and O–H groups in total. The quantitative estimate of drug-likeness (QED) is 0.421. The normalized spacial score (nSPS) is 26.2. The standard InChI is InChI=1S/C25H35ClN4O6/c1-15-28-23(36-29-15)22-17(6-5-7-18(22)26)25(33,8-3-4-10-34-2)21-14-30(9-11-35-21)24(32)16-12-19(27)20(31)13-16/h5-7,16,19-21,31,33H,3-4,8-14,27H2,1-2H3/t16-,19+,20-,21?,25?/m0/s1. The van der Waals surface area contributed by atoms with Crippen LogP contribution in [0.15, 0.2) is 22.7 Å². The van der Waals surface area contributed by atoms with Gasteiger partial charge in [-0.05, 0) is 45.1 Å². The molecule has 2 fully saturated rings. The lowest BCUT2D eigenvalue weighted by molar-refractivity contribution is -0.167. The molecule has 0 radical (unpaired) electrons. The van der Waals surface area contributed by atoms with Crippen LogP contribution in [0.5, 0.6) is 0 Å². The van der Waals surface area contributed by atoms with Gasteiger partial charge in [-0.3, -0.25) is 4.79 Å². The number of carbonyl (C=O) groups excluding carboxylic acids is 1. The minimum absolute atomic E-state index is 0.0733. The fourth-order valence-electron chi connectivity index (χ4n) is 5.26. The van der Waals surface area contributed by atoms with E-state index in [1.165, 1.54) is 0 Å². The molecule has 1 saturated heterocycles. The molecule has 10 nitrogen and oxygen atoms in total. The largest absolute Gasteiger partial charge is 0.391 e. The number of ether oxygens (including phenoxy) is 2. The Labute approximate surface area is 215 Å². The first-order valence-electron chi connectivity index (χ1n) is 12.4. The molecular weight excluding hydrogens is 488 g/mol. The summed E-state index contributed by atoms with van der Waals surface area (Å²) in [6, 6.07) is 4.85. The average molecular weight is 523 g/mol. The highest BCUT2D eigenvalue weighted by Gasteiger charge is 2.46. The lowest BCUT2D eigenvalue weighted by Gasteiger charge is -2.43. The Kier molecular flexibility index (Phi) is 8.64. The molecule has 5 atom stereocenters. The number of nitrogens with two attached hydrogens (primary N) is 1. The molecule has 1 aromatic carbocycles. The summed E-state index contributed by atoms with van der Waals surface area (Å²) in [5.74, 6) is 0.241. The fourth-order valence-corrected chi connectivity index (χ4v) is 5.51. The summed E-state index contributed by atoms with van der Waals surface area (Å²) in [5, 5.41) is 26.6. The fraction of sp³-hybridized carbons (Fsp3) is 0.640. The van der Waals surface area contributed by atoms with E-state index in [4.69, 9.17) is 31.3 Å². The maximum atomic E-state index is 13.3. The summed E-state index contributed by atoms with van der Waals surface area (Å²) >= 11 is 6.59. The number of aliphatic hydroxyl groups is 2. The van der Waals surface area contributed by atoms with Gasteiger partial charge in [-0.1, -0.05) is 28.9 Å². The summed E-state index contributed by atoms with van der Waals surface area (Å²) in [6.07, 6.45) is 1.12. The first-order chi connectivity index (χ1) is 17.2. The van der Waals surface area contributed by atoms with Crippen LogP contribution in [0, 0.1) is 12.8 Å². The number of rotatable bonds is 9. The van der Waals surface area contributed by atoms with Crippen molar-refractivity contribution in [3.63, 3.8) is 0 Å². The van der Waals surface area contributed by atoms with Crippen molar-refractivity contribution in [2.45, 2.75) is 62.9 Å². The zero-order valence-electron chi connectivity index (χ0n) is 20.7. The van der Waals surface area contributed by atoms with Crippen LogP contribution in [0.1, 0.15) is 43.5 Å². The number of unbranched alkanes of at least 4 members (excludes halogenated alkanes) is 1. The number of carbonyl (C=O) groups is 1. The van der Waals surface area contributed by atoms with Crippen LogP contribution in [0.3, 0.4) is 0 Å². The highest BCUT2D eigenvalue weighted by atomic mass is 35.5. The van der Waals surface area contributed by atoms with E-state index >= 15 is 0 Å². The molecule has 1 aromatic heterocycles. The molecule has 2 heterocycles. The summed E-state index contributed by atoms with van der Waals surface area (Å²) in [4.78, 5) is 19.4. The molecule has 2 aliphatic rings. The van der Waals surface area contributed by atoms with Gasteiger partial charge in [-0.2, -0.15) is 4.98 Å². The topological polar surface area (TPSA) is 144 Å². The molecule has 1 aliphatic carbocycles. The van der Waals surface area contributed by atoms with Gasteiger partial charge in [-0.15, -0.1) is 0 Å². The number of aryl methyl sites for hydroxylation is 1. The van der Waals surface area contributed by atoms with E-state index in [1.54, 1.807) is 37.1 Å². The SMILES string of the molecule is COCCCCC(O)(c1cccc(Cl)c1-c1nc(C)no1)C1CN(C(=O)[C@H]2C[C@@H](N)[C@@H](O)C2)CCO1. The highest BCUT2D eigenvalue weighted by molar-refractivity contribution is 6.33. The number of morpholine rings is 1. The number of amides is 1. The summed E-state index contributed by atoms with van der Waals surface area (Å²) in [5.41, 5.74) is 5.41. The first kappa shape index (κ1) is 27.0. The van der Waals surface area contributed by atoms with E-state index in [0.717, 1.165) is 6.42 Å². The van der Waals surface area contributed by atoms with E-state index in [9.17, 15) is 15.0 Å². The Bertz CT molecular complexity index is 1040. The van der Waals surface area contributed by atoms with Crippen LogP contribution >= 0.6 is 11.6 Å². The van der Waals surface area contributed by atoms with E-state index in [0.29, 0.717) is 60.8 Å². The van der Waals surface area contributed by atoms with Crippen LogP contribution in [-0.2, 0) is 19.9 Å². The van der Waals surface area contributed by atoms with Crippen LogP contribution in [0.2, 0.25) is 5.02 Å². The van der Waals surface area contributed by atoms with Gasteiger partial charge in [-0.25, -0.2) is 0 Å². The van der Waals surface area contributed by atoms with Crippen LogP contribution in [0.25, 0.3) is 11.5 Å². The molecule has 2 unspecified atom stereocenters. The monoisotopic (exact) mass is 522 g/mol. The minimum atomic E-state index is -1.50. The summed E-state index contributed by atoms with van der Waals surface area (Å²) in [6.45, 7) is 3.13. The van der Waals surface area contributed by atoms with Crippen molar-refractivity contribution in [1.82, 2.24) is 15.0 Å². The zero-order chi connectivity index (χ0) is 25.9. The molecule has 1 saturated carbocycles. The van der Waals surface area contributed by atoms with E-state index in [1.807, 2.05) is 0 Å². The predicted molar refractivity (Wildman–Crippen MR) is 132 cm³/mol. The average Bonchev–Trinajstić information content (AvgIpc) is 3.45. The van der Waals surface area contributed by atoms with Crippen molar-refractivity contribution >= 4 is 17.5 Å². The Morgan fingerprint density at radius 2 is 2.17 bits per heavy atom. The van der Waals surface area contributed by atoms with E-state index < -0.39 is 23.9 Å². The van der Waals surface area contributed by atoms with Gasteiger partial charge in [0.15, 0.2) is 5.82 Å². The van der Waals surface area contributed by atoms with Gasteiger partial charge in [0.1, 0.15) is 11.7 Å². The van der Waals surface area contributed by atoms with Crippen molar-refractivity contribution < 1.29 is 29.0 Å². The van der Waals surface area contributed by atoms with E-state index in [-0.39, 0.29) is 30.9 Å². The van der Waals surface area contributed by atoms with Gasteiger partial charge in [0.2, 0.25) is 5.91 Å². The highest BCUT2D eigenvalue weighted by Crippen LogP contribution is 2.42. The van der Waals surface area contributed by atoms with Crippen molar-refractivity contribution in [2.75, 3.05) is 33.4 Å². The second-order valence-electron chi connectivity index (χ2n) is 9.73. The van der Waals surface area contributed by atoms with Crippen LogP contribution in [-0.4, -0.2) is 82.8 Å². The Morgan fingerprint density at radius 3 is 2.83 bits per heavy atom. The van der Waals surface area contributed by atoms with Crippen molar-refractivity contribution in [2.24, 2.45) is 11.7 Å². The molecule has 0 spiro atoms. The summed E-state index contributed by atoms with van der Waals surface area (Å²) in [7, 11) is 1.64. The van der Waals surface area contributed by atoms with Crippen LogP contribution < -0.4 is 5.73 Å². The first-order valence-corrected chi connectivity index (χ1v) is 12.8. The number of aromatic nitrogens is 2. The number of aliphatic hydroxyl groups excluding tert-OH is 1. The lowest BCUT2D eigenvalue weighted by atomic mass is 9.80. The maximum absolute atomic E-state index is 13.3. The Balaban J connectivity index is 1.66. The summed E-state index contributed by atoms with van der Waals surface area (Å²) < 4.78 is 16.7. The molecule has 198 valence electrons. The molecule has 1 aliphatic heterocycles. The third-order valence-electron chi connectivity index (χ3n) is 7.21. The Hall–Kier alpha value is -2.08. The second-order valence-corrected chi connectivity index (χ2v) is 10.1. The maximum Gasteiger partial charge on any atom is 0.259 e. The molecule has 0 bridgehead atoms. The third kappa shape index (κ3) is 5.58. The predicted octanol–water partition coefficient (Wildman–Crippen LogP) is 2.03. The number of nitrogens with zero attached hydrogens (tertiary/aromatic N) is 3. The van der Waals surface area contributed by atoms with Gasteiger partial charge < -0.3 is 34.8 Å². The third-order valence-corrected chi connectivity index (χ3v) is 7.53. The molecule has 2 aromatic rings. The second kappa shape index (κ2) is 11.5. The van der Waals surface area contributed by atoms with Gasteiger partial charge >= 0.3 is 0 Å². The minimum Gasteiger partial charge on any atom is -0.391 e. The number of hydrogen-bond donors (Lipinski definition) is 3. The van der Waals surface area contributed by atoms with Gasteiger partial charge in [0, 0.05) is 37.8 Å². The molecule has 36 heavy (non-hydrogen) atoms. The number of benzene rings is 1. The Morgan fingerprint density at radius 1 is 1.36 bits per heavy atom. The smallest absolute Gasteiger partial charge is 0.259 e. The van der Waals surface area contributed by atoms with Crippen molar-refractivity contribution in [3.8, 4) is 11.5 Å². The van der Waals surface area contributed by atoms with Gasteiger partial charge in [0.25, 0.3) is 5.89 Å². The van der Waals surface area contributed by atoms with Crippen LogP contribution in [0.4, 0.5) is 0 Å². The molecule has 11 heteroatoms. The molecule has 1 amide bonds. The molecular formula is C25H35ClN4O6. The number of halogens is 1. The van der Waals surface area contributed by atoms with Crippen molar-refractivity contribution in [3.05, 3.63) is 34.6 Å². The van der Waals surface area contributed by atoms with Gasteiger partial charge in [0.05, 0.1) is 29.8 Å². The molecule has 4 rings (SSSR count). The van der Waals surface area contributed by atoms with E-state index in [2.05, 4.69) is 10.1 Å². The lowest BCUT2D eigenvalue weighted by Crippen LogP contribution is -2.55. The number of methoxy groups -OCH3 is 1. The van der Waals surface area contributed by atoms with Crippen molar-refractivity contribution in [1.29, 1.82) is 0 Å².